The Labute approximate surface area is 106 Å². The normalized spacial score (nSPS) is 21.4. The lowest BCUT2D eigenvalue weighted by Gasteiger charge is -2.28. The summed E-state index contributed by atoms with van der Waals surface area (Å²) in [6.45, 7) is 3.30. The van der Waals surface area contributed by atoms with Crippen LogP contribution in [0, 0.1) is 0 Å². The number of nitrogens with zero attached hydrogens (tertiary/aromatic N) is 1. The van der Waals surface area contributed by atoms with Gasteiger partial charge in [0.15, 0.2) is 5.78 Å². The van der Waals surface area contributed by atoms with Gasteiger partial charge in [0, 0.05) is 23.5 Å². The van der Waals surface area contributed by atoms with Crippen LogP contribution in [-0.2, 0) is 0 Å². The largest absolute Gasteiger partial charge is 0.392 e. The van der Waals surface area contributed by atoms with Gasteiger partial charge in [0.25, 0.3) is 0 Å². The lowest BCUT2D eigenvalue weighted by molar-refractivity contribution is 0.101. The van der Waals surface area contributed by atoms with E-state index >= 15 is 0 Å². The number of hydrogen-bond acceptors (Lipinski definition) is 4. The highest BCUT2D eigenvalue weighted by Gasteiger charge is 2.18. The van der Waals surface area contributed by atoms with Crippen molar-refractivity contribution in [2.75, 3.05) is 13.1 Å². The Morgan fingerprint density at radius 2 is 2.12 bits per heavy atom. The van der Waals surface area contributed by atoms with Gasteiger partial charge in [-0.05, 0) is 43.8 Å². The predicted molar refractivity (Wildman–Crippen MR) is 69.1 cm³/mol. The van der Waals surface area contributed by atoms with Crippen LogP contribution in [0.2, 0.25) is 0 Å². The van der Waals surface area contributed by atoms with Gasteiger partial charge in [-0.25, -0.2) is 4.31 Å². The van der Waals surface area contributed by atoms with Crippen LogP contribution >= 0.6 is 11.9 Å². The minimum atomic E-state index is -0.201. The maximum Gasteiger partial charge on any atom is 0.159 e. The van der Waals surface area contributed by atoms with Gasteiger partial charge in [0.05, 0.1) is 6.10 Å². The molecule has 0 radical (unpaired) electrons. The zero-order valence-corrected chi connectivity index (χ0v) is 10.7. The fourth-order valence-electron chi connectivity index (χ4n) is 1.90. The van der Waals surface area contributed by atoms with E-state index in [1.165, 1.54) is 0 Å². The van der Waals surface area contributed by atoms with E-state index in [1.807, 2.05) is 24.3 Å². The molecule has 1 atom stereocenters. The molecule has 1 N–H and O–H groups in total. The predicted octanol–water partition coefficient (Wildman–Crippen LogP) is 2.35. The minimum absolute atomic E-state index is 0.0925. The van der Waals surface area contributed by atoms with E-state index in [0.717, 1.165) is 36.4 Å². The number of carbonyl (C=O) groups excluding carboxylic acids is 1. The molecule has 1 saturated heterocycles. The monoisotopic (exact) mass is 251 g/mol. The third-order valence-electron chi connectivity index (χ3n) is 2.85. The van der Waals surface area contributed by atoms with Gasteiger partial charge in [-0.15, -0.1) is 0 Å². The van der Waals surface area contributed by atoms with Crippen LogP contribution in [0.15, 0.2) is 29.2 Å². The first-order valence-electron chi connectivity index (χ1n) is 5.87. The molecular weight excluding hydrogens is 234 g/mol. The van der Waals surface area contributed by atoms with E-state index in [0.29, 0.717) is 0 Å². The van der Waals surface area contributed by atoms with Crippen molar-refractivity contribution < 1.29 is 9.90 Å². The highest BCUT2D eigenvalue weighted by atomic mass is 32.2. The van der Waals surface area contributed by atoms with Gasteiger partial charge < -0.3 is 5.11 Å². The van der Waals surface area contributed by atoms with Crippen molar-refractivity contribution >= 4 is 17.7 Å². The van der Waals surface area contributed by atoms with E-state index < -0.39 is 0 Å². The van der Waals surface area contributed by atoms with Crippen LogP contribution in [0.1, 0.15) is 30.1 Å². The third-order valence-corrected chi connectivity index (χ3v) is 3.93. The Morgan fingerprint density at radius 3 is 2.71 bits per heavy atom. The number of benzene rings is 1. The molecule has 0 spiro atoms. The summed E-state index contributed by atoms with van der Waals surface area (Å²) < 4.78 is 2.18. The maximum absolute atomic E-state index is 11.1. The fraction of sp³-hybridized carbons (Fsp3) is 0.462. The first-order chi connectivity index (χ1) is 8.15. The number of rotatable bonds is 3. The summed E-state index contributed by atoms with van der Waals surface area (Å²) in [5.41, 5.74) is 0.744. The van der Waals surface area contributed by atoms with Crippen molar-refractivity contribution in [3.05, 3.63) is 29.8 Å². The molecule has 1 aliphatic rings. The van der Waals surface area contributed by atoms with Crippen molar-refractivity contribution in [2.24, 2.45) is 0 Å². The van der Waals surface area contributed by atoms with E-state index in [-0.39, 0.29) is 11.9 Å². The Kier molecular flexibility index (Phi) is 4.20. The molecule has 1 aromatic rings. The molecule has 1 aromatic carbocycles. The van der Waals surface area contributed by atoms with Gasteiger partial charge in [0.2, 0.25) is 0 Å². The number of carbonyl (C=O) groups is 1. The SMILES string of the molecule is CC(=O)c1ccc(SN2CCCC(O)C2)cc1. The Balaban J connectivity index is 1.96. The second kappa shape index (κ2) is 5.67. The van der Waals surface area contributed by atoms with E-state index in [4.69, 9.17) is 0 Å². The second-order valence-electron chi connectivity index (χ2n) is 4.36. The molecule has 0 aromatic heterocycles. The number of Topliss-reactive ketones (excluding diaryl/α,β-unsaturated/α-hetero) is 1. The standard InChI is InChI=1S/C13H17NO2S/c1-10(15)11-4-6-13(7-5-11)17-14-8-2-3-12(16)9-14/h4-7,12,16H,2-3,8-9H2,1H3. The molecule has 1 fully saturated rings. The van der Waals surface area contributed by atoms with Crippen LogP contribution < -0.4 is 0 Å². The molecular formula is C13H17NO2S. The lowest BCUT2D eigenvalue weighted by atomic mass is 10.1. The molecule has 0 bridgehead atoms. The topological polar surface area (TPSA) is 40.5 Å². The molecule has 0 saturated carbocycles. The number of ketones is 1. The quantitative estimate of drug-likeness (QED) is 0.661. The highest BCUT2D eigenvalue weighted by Crippen LogP contribution is 2.26. The Bertz CT molecular complexity index is 391. The van der Waals surface area contributed by atoms with Crippen LogP contribution in [0.3, 0.4) is 0 Å². The van der Waals surface area contributed by atoms with Crippen molar-refractivity contribution in [2.45, 2.75) is 30.8 Å². The van der Waals surface area contributed by atoms with E-state index in [9.17, 15) is 9.90 Å². The van der Waals surface area contributed by atoms with Gasteiger partial charge in [-0.2, -0.15) is 0 Å². The number of piperidine rings is 1. The van der Waals surface area contributed by atoms with Gasteiger partial charge >= 0.3 is 0 Å². The number of β-amino-alcohol motifs (C(OH)–C–C–N with tert-alkyl or cyclic N) is 1. The highest BCUT2D eigenvalue weighted by molar-refractivity contribution is 7.97. The second-order valence-corrected chi connectivity index (χ2v) is 5.53. The molecule has 92 valence electrons. The van der Waals surface area contributed by atoms with Crippen molar-refractivity contribution in [3.63, 3.8) is 0 Å². The fourth-order valence-corrected chi connectivity index (χ4v) is 2.93. The molecule has 3 nitrogen and oxygen atoms in total. The summed E-state index contributed by atoms with van der Waals surface area (Å²) in [5, 5.41) is 9.57. The van der Waals surface area contributed by atoms with Crippen molar-refractivity contribution in [1.29, 1.82) is 0 Å². The number of hydrogen-bond donors (Lipinski definition) is 1. The first-order valence-corrected chi connectivity index (χ1v) is 6.64. The zero-order valence-electron chi connectivity index (χ0n) is 9.93. The van der Waals surface area contributed by atoms with Crippen LogP contribution in [-0.4, -0.2) is 34.4 Å². The van der Waals surface area contributed by atoms with Gasteiger partial charge in [-0.1, -0.05) is 12.1 Å². The van der Waals surface area contributed by atoms with Gasteiger partial charge in [-0.3, -0.25) is 4.79 Å². The summed E-state index contributed by atoms with van der Waals surface area (Å²) in [5.74, 6) is 0.0925. The molecule has 4 heteroatoms. The smallest absolute Gasteiger partial charge is 0.159 e. The summed E-state index contributed by atoms with van der Waals surface area (Å²) in [6.07, 6.45) is 1.74. The molecule has 17 heavy (non-hydrogen) atoms. The summed E-state index contributed by atoms with van der Waals surface area (Å²) in [6, 6.07) is 7.63. The van der Waals surface area contributed by atoms with Crippen LogP contribution in [0.5, 0.6) is 0 Å². The summed E-state index contributed by atoms with van der Waals surface area (Å²) >= 11 is 1.65. The van der Waals surface area contributed by atoms with Gasteiger partial charge in [0.1, 0.15) is 0 Å². The molecule has 2 rings (SSSR count). The van der Waals surface area contributed by atoms with Crippen LogP contribution in [0.4, 0.5) is 0 Å². The molecule has 0 amide bonds. The van der Waals surface area contributed by atoms with Crippen molar-refractivity contribution in [1.82, 2.24) is 4.31 Å². The van der Waals surface area contributed by atoms with E-state index in [1.54, 1.807) is 18.9 Å². The first kappa shape index (κ1) is 12.6. The Hall–Kier alpha value is -0.840. The number of aliphatic hydroxyl groups is 1. The summed E-state index contributed by atoms with van der Waals surface area (Å²) in [4.78, 5) is 12.3. The minimum Gasteiger partial charge on any atom is -0.392 e. The van der Waals surface area contributed by atoms with Crippen molar-refractivity contribution in [3.8, 4) is 0 Å². The summed E-state index contributed by atoms with van der Waals surface area (Å²) in [7, 11) is 0. The Morgan fingerprint density at radius 1 is 1.41 bits per heavy atom. The molecule has 1 heterocycles. The third kappa shape index (κ3) is 3.56. The molecule has 1 aliphatic heterocycles. The zero-order chi connectivity index (χ0) is 12.3. The molecule has 1 unspecified atom stereocenters. The average Bonchev–Trinajstić information content (AvgIpc) is 2.29. The van der Waals surface area contributed by atoms with E-state index in [2.05, 4.69) is 4.31 Å². The lowest BCUT2D eigenvalue weighted by Crippen LogP contribution is -2.33. The average molecular weight is 251 g/mol. The maximum atomic E-state index is 11.1. The molecule has 0 aliphatic carbocycles. The number of aliphatic hydroxyl groups excluding tert-OH is 1. The van der Waals surface area contributed by atoms with Crippen LogP contribution in [0.25, 0.3) is 0 Å².